The molecule has 0 saturated carbocycles. The average molecular weight is 218 g/mol. The number of hydrogen-bond acceptors (Lipinski definition) is 4. The highest BCUT2D eigenvalue weighted by Crippen LogP contribution is 2.12. The minimum absolute atomic E-state index is 0.263. The molecule has 1 N–H and O–H groups in total. The molecule has 0 aliphatic carbocycles. The maximum absolute atomic E-state index is 5.55. The summed E-state index contributed by atoms with van der Waals surface area (Å²) >= 11 is 5.55. The first-order chi connectivity index (χ1) is 6.80. The summed E-state index contributed by atoms with van der Waals surface area (Å²) < 4.78 is 5.25. The molecule has 0 bridgehead atoms. The highest BCUT2D eigenvalue weighted by atomic mass is 35.5. The predicted molar refractivity (Wildman–Crippen MR) is 56.5 cm³/mol. The third kappa shape index (κ3) is 3.18. The molecule has 0 spiro atoms. The van der Waals surface area contributed by atoms with Gasteiger partial charge in [0.2, 0.25) is 5.89 Å². The summed E-state index contributed by atoms with van der Waals surface area (Å²) in [5.41, 5.74) is 0. The van der Waals surface area contributed by atoms with Crippen LogP contribution < -0.4 is 5.32 Å². The van der Waals surface area contributed by atoms with E-state index in [0.717, 1.165) is 19.3 Å². The van der Waals surface area contributed by atoms with Crippen molar-refractivity contribution >= 4 is 17.6 Å². The fraction of sp³-hybridized carbons (Fsp3) is 0.778. The van der Waals surface area contributed by atoms with E-state index in [-0.39, 0.29) is 5.88 Å². The van der Waals surface area contributed by atoms with E-state index in [1.54, 1.807) is 0 Å². The number of nitrogens with zero attached hydrogens (tertiary/aromatic N) is 2. The molecule has 1 atom stereocenters. The van der Waals surface area contributed by atoms with Gasteiger partial charge in [0, 0.05) is 6.04 Å². The molecular weight excluding hydrogens is 202 g/mol. The Morgan fingerprint density at radius 1 is 1.43 bits per heavy atom. The van der Waals surface area contributed by atoms with E-state index in [4.69, 9.17) is 16.0 Å². The second-order valence-corrected chi connectivity index (χ2v) is 3.44. The van der Waals surface area contributed by atoms with Crippen LogP contribution in [-0.4, -0.2) is 16.2 Å². The number of aromatic nitrogens is 2. The van der Waals surface area contributed by atoms with E-state index in [1.807, 2.05) is 0 Å². The second-order valence-electron chi connectivity index (χ2n) is 3.17. The molecule has 80 valence electrons. The van der Waals surface area contributed by atoms with E-state index in [1.165, 1.54) is 0 Å². The monoisotopic (exact) mass is 217 g/mol. The van der Waals surface area contributed by atoms with Crippen LogP contribution in [0.4, 0.5) is 6.01 Å². The maximum Gasteiger partial charge on any atom is 0.315 e. The summed E-state index contributed by atoms with van der Waals surface area (Å²) in [7, 11) is 0. The summed E-state index contributed by atoms with van der Waals surface area (Å²) in [6, 6.07) is 0.879. The Kier molecular flexibility index (Phi) is 4.73. The molecule has 5 heteroatoms. The molecule has 1 heterocycles. The van der Waals surface area contributed by atoms with Gasteiger partial charge >= 0.3 is 6.01 Å². The van der Waals surface area contributed by atoms with Gasteiger partial charge in [-0.3, -0.25) is 0 Å². The second kappa shape index (κ2) is 5.86. The third-order valence-corrected chi connectivity index (χ3v) is 2.27. The van der Waals surface area contributed by atoms with Crippen molar-refractivity contribution in [3.63, 3.8) is 0 Å². The Morgan fingerprint density at radius 2 is 2.21 bits per heavy atom. The zero-order valence-corrected chi connectivity index (χ0v) is 9.34. The molecule has 0 amide bonds. The van der Waals surface area contributed by atoms with E-state index >= 15 is 0 Å². The first-order valence-corrected chi connectivity index (χ1v) is 5.48. The quantitative estimate of drug-likeness (QED) is 0.745. The minimum atomic E-state index is 0.263. The Hall–Kier alpha value is -0.770. The predicted octanol–water partition coefficient (Wildman–Crippen LogP) is 2.80. The van der Waals surface area contributed by atoms with Crippen molar-refractivity contribution in [1.82, 2.24) is 10.2 Å². The molecule has 1 unspecified atom stereocenters. The van der Waals surface area contributed by atoms with Gasteiger partial charge in [-0.05, 0) is 12.8 Å². The lowest BCUT2D eigenvalue weighted by Gasteiger charge is -2.13. The number of halogens is 1. The smallest absolute Gasteiger partial charge is 0.315 e. The van der Waals surface area contributed by atoms with Crippen LogP contribution in [0.25, 0.3) is 0 Å². The van der Waals surface area contributed by atoms with Gasteiger partial charge in [-0.2, -0.15) is 0 Å². The third-order valence-electron chi connectivity index (χ3n) is 2.04. The summed E-state index contributed by atoms with van der Waals surface area (Å²) in [6.45, 7) is 4.29. The number of nitrogens with one attached hydrogen (secondary N) is 1. The number of hydrogen-bond donors (Lipinski definition) is 1. The van der Waals surface area contributed by atoms with Crippen molar-refractivity contribution in [2.24, 2.45) is 0 Å². The summed E-state index contributed by atoms with van der Waals surface area (Å²) in [6.07, 6.45) is 3.30. The lowest BCUT2D eigenvalue weighted by Crippen LogP contribution is -2.18. The van der Waals surface area contributed by atoms with E-state index < -0.39 is 0 Å². The summed E-state index contributed by atoms with van der Waals surface area (Å²) in [5.74, 6) is 0.722. The molecule has 0 fully saturated rings. The molecule has 4 nitrogen and oxygen atoms in total. The van der Waals surface area contributed by atoms with Crippen LogP contribution >= 0.6 is 11.6 Å². The largest absolute Gasteiger partial charge is 0.407 e. The Bertz CT molecular complexity index is 264. The Morgan fingerprint density at radius 3 is 2.71 bits per heavy atom. The molecule has 0 aromatic carbocycles. The molecule has 1 rings (SSSR count). The van der Waals surface area contributed by atoms with Crippen molar-refractivity contribution in [1.29, 1.82) is 0 Å². The highest BCUT2D eigenvalue weighted by molar-refractivity contribution is 6.16. The molecule has 0 radical (unpaired) electrons. The number of alkyl halides is 1. The van der Waals surface area contributed by atoms with Crippen molar-refractivity contribution in [2.75, 3.05) is 5.32 Å². The van der Waals surface area contributed by atoms with Crippen LogP contribution in [0.5, 0.6) is 0 Å². The zero-order chi connectivity index (χ0) is 10.4. The van der Waals surface area contributed by atoms with E-state index in [2.05, 4.69) is 29.4 Å². The van der Waals surface area contributed by atoms with Crippen molar-refractivity contribution in [3.8, 4) is 0 Å². The van der Waals surface area contributed by atoms with Crippen molar-refractivity contribution in [2.45, 2.75) is 45.0 Å². The standard InChI is InChI=1S/C9H16ClN3O/c1-3-5-7(4-2)11-9-13-12-8(6-10)14-9/h7H,3-6H2,1-2H3,(H,11,13). The maximum atomic E-state index is 5.55. The normalized spacial score (nSPS) is 12.8. The van der Waals surface area contributed by atoms with Gasteiger partial charge in [0.1, 0.15) is 5.88 Å². The van der Waals surface area contributed by atoms with Crippen LogP contribution in [-0.2, 0) is 5.88 Å². The zero-order valence-electron chi connectivity index (χ0n) is 8.59. The topological polar surface area (TPSA) is 51.0 Å². The van der Waals surface area contributed by atoms with Gasteiger partial charge in [0.25, 0.3) is 0 Å². The van der Waals surface area contributed by atoms with Gasteiger partial charge < -0.3 is 9.73 Å². The van der Waals surface area contributed by atoms with Crippen molar-refractivity contribution in [3.05, 3.63) is 5.89 Å². The molecule has 0 aliphatic heterocycles. The lowest BCUT2D eigenvalue weighted by molar-refractivity contribution is 0.507. The Balaban J connectivity index is 2.48. The van der Waals surface area contributed by atoms with Crippen LogP contribution in [0.1, 0.15) is 39.0 Å². The van der Waals surface area contributed by atoms with Crippen LogP contribution in [0.2, 0.25) is 0 Å². The molecule has 1 aromatic heterocycles. The molecule has 0 aliphatic rings. The fourth-order valence-corrected chi connectivity index (χ4v) is 1.38. The van der Waals surface area contributed by atoms with Crippen LogP contribution in [0.15, 0.2) is 4.42 Å². The lowest BCUT2D eigenvalue weighted by atomic mass is 10.1. The average Bonchev–Trinajstić information content (AvgIpc) is 2.65. The van der Waals surface area contributed by atoms with E-state index in [9.17, 15) is 0 Å². The van der Waals surface area contributed by atoms with Gasteiger partial charge in [-0.25, -0.2) is 0 Å². The Labute approximate surface area is 89.0 Å². The molecule has 14 heavy (non-hydrogen) atoms. The molecule has 0 saturated heterocycles. The summed E-state index contributed by atoms with van der Waals surface area (Å²) in [4.78, 5) is 0. The van der Waals surface area contributed by atoms with Crippen molar-refractivity contribution < 1.29 is 4.42 Å². The van der Waals surface area contributed by atoms with Crippen LogP contribution in [0, 0.1) is 0 Å². The highest BCUT2D eigenvalue weighted by Gasteiger charge is 2.09. The number of rotatable bonds is 6. The first kappa shape index (κ1) is 11.3. The van der Waals surface area contributed by atoms with E-state index in [0.29, 0.717) is 17.9 Å². The fourth-order valence-electron chi connectivity index (χ4n) is 1.27. The first-order valence-electron chi connectivity index (χ1n) is 4.95. The molecular formula is C9H16ClN3O. The summed E-state index contributed by atoms with van der Waals surface area (Å²) in [5, 5.41) is 10.8. The minimum Gasteiger partial charge on any atom is -0.407 e. The van der Waals surface area contributed by atoms with Gasteiger partial charge in [-0.1, -0.05) is 25.4 Å². The van der Waals surface area contributed by atoms with Crippen LogP contribution in [0.3, 0.4) is 0 Å². The van der Waals surface area contributed by atoms with Gasteiger partial charge in [0.15, 0.2) is 0 Å². The van der Waals surface area contributed by atoms with Gasteiger partial charge in [0.05, 0.1) is 0 Å². The number of anilines is 1. The SMILES string of the molecule is CCCC(CC)Nc1nnc(CCl)o1. The molecule has 1 aromatic rings. The van der Waals surface area contributed by atoms with Gasteiger partial charge in [-0.15, -0.1) is 16.7 Å².